The van der Waals surface area contributed by atoms with Crippen LogP contribution < -0.4 is 5.32 Å². The molecule has 2 atom stereocenters. The zero-order valence-corrected chi connectivity index (χ0v) is 12.7. The molecule has 0 bridgehead atoms. The summed E-state index contributed by atoms with van der Waals surface area (Å²) in [5.41, 5.74) is 1.33. The molecular weight excluding hydrogens is 282 g/mol. The van der Waals surface area contributed by atoms with Crippen LogP contribution in [0.1, 0.15) is 40.2 Å². The topological polar surface area (TPSA) is 92.8 Å². The molecule has 1 aliphatic heterocycles. The molecule has 0 spiro atoms. The molecule has 22 heavy (non-hydrogen) atoms. The lowest BCUT2D eigenvalue weighted by molar-refractivity contribution is 0.0798. The molecule has 2 aromatic heterocycles. The van der Waals surface area contributed by atoms with Crippen molar-refractivity contribution in [3.63, 3.8) is 0 Å². The maximum absolute atomic E-state index is 12.2. The Morgan fingerprint density at radius 3 is 3.09 bits per heavy atom. The highest BCUT2D eigenvalue weighted by Crippen LogP contribution is 2.32. The highest BCUT2D eigenvalue weighted by molar-refractivity contribution is 5.95. The summed E-state index contributed by atoms with van der Waals surface area (Å²) in [6.07, 6.45) is 2.39. The number of carbonyl (C=O) groups is 1. The van der Waals surface area contributed by atoms with Gasteiger partial charge in [0, 0.05) is 31.0 Å². The first-order valence-electron chi connectivity index (χ1n) is 7.35. The number of hydrogen-bond acceptors (Lipinski definition) is 5. The Hall–Kier alpha value is -2.28. The van der Waals surface area contributed by atoms with Crippen molar-refractivity contribution in [2.45, 2.75) is 26.4 Å². The monoisotopic (exact) mass is 301 g/mol. The van der Waals surface area contributed by atoms with Gasteiger partial charge in [0.2, 0.25) is 0 Å². The van der Waals surface area contributed by atoms with E-state index in [1.807, 2.05) is 13.8 Å². The number of aromatic amines is 1. The number of H-pyrrole nitrogens is 1. The third-order valence-corrected chi connectivity index (χ3v) is 3.86. The molecule has 2 aromatic rings. The van der Waals surface area contributed by atoms with Crippen molar-refractivity contribution in [3.05, 3.63) is 41.2 Å². The average molecular weight is 301 g/mol. The highest BCUT2D eigenvalue weighted by Gasteiger charge is 2.32. The zero-order valence-electron chi connectivity index (χ0n) is 12.7. The van der Waals surface area contributed by atoms with E-state index in [-0.39, 0.29) is 17.9 Å². The Bertz CT molecular complexity index is 669. The van der Waals surface area contributed by atoms with Crippen LogP contribution >= 0.6 is 0 Å². The third kappa shape index (κ3) is 2.99. The van der Waals surface area contributed by atoms with Crippen molar-refractivity contribution < 1.29 is 9.53 Å². The molecule has 116 valence electrons. The van der Waals surface area contributed by atoms with Crippen LogP contribution in [0.2, 0.25) is 0 Å². The van der Waals surface area contributed by atoms with Crippen molar-refractivity contribution in [1.82, 2.24) is 25.5 Å². The van der Waals surface area contributed by atoms with Gasteiger partial charge in [-0.05, 0) is 32.4 Å². The normalized spacial score (nSPS) is 21.0. The molecule has 1 fully saturated rings. The van der Waals surface area contributed by atoms with E-state index >= 15 is 0 Å². The van der Waals surface area contributed by atoms with Gasteiger partial charge >= 0.3 is 0 Å². The minimum Gasteiger partial charge on any atom is -0.370 e. The summed E-state index contributed by atoms with van der Waals surface area (Å²) in [4.78, 5) is 20.7. The Morgan fingerprint density at radius 1 is 1.50 bits per heavy atom. The van der Waals surface area contributed by atoms with Crippen LogP contribution in [0.25, 0.3) is 0 Å². The fourth-order valence-corrected chi connectivity index (χ4v) is 2.66. The van der Waals surface area contributed by atoms with Crippen molar-refractivity contribution in [1.29, 1.82) is 0 Å². The van der Waals surface area contributed by atoms with Gasteiger partial charge in [0.05, 0.1) is 5.56 Å². The Morgan fingerprint density at radius 2 is 2.36 bits per heavy atom. The van der Waals surface area contributed by atoms with E-state index in [9.17, 15) is 4.79 Å². The van der Waals surface area contributed by atoms with Gasteiger partial charge in [0.1, 0.15) is 11.9 Å². The number of rotatable bonds is 4. The number of aryl methyl sites for hydroxylation is 2. The second-order valence-corrected chi connectivity index (χ2v) is 5.47. The largest absolute Gasteiger partial charge is 0.370 e. The predicted octanol–water partition coefficient (Wildman–Crippen LogP) is 1.32. The molecule has 0 radical (unpaired) electrons. The van der Waals surface area contributed by atoms with E-state index in [1.54, 1.807) is 18.3 Å². The highest BCUT2D eigenvalue weighted by atomic mass is 16.5. The van der Waals surface area contributed by atoms with Crippen molar-refractivity contribution in [2.24, 2.45) is 5.92 Å². The SMILES string of the molecule is Cc1nc([C@H]2OCC[C@H]2CNC(=O)c2cccnc2C)n[nH]1. The molecule has 1 aliphatic rings. The first-order valence-corrected chi connectivity index (χ1v) is 7.35. The van der Waals surface area contributed by atoms with Gasteiger partial charge in [-0.3, -0.25) is 14.9 Å². The third-order valence-electron chi connectivity index (χ3n) is 3.86. The standard InChI is InChI=1S/C15H19N5O2/c1-9-12(4-3-6-16-9)15(21)17-8-11-5-7-22-13(11)14-18-10(2)19-20-14/h3-4,6,11,13H,5,7-8H2,1-2H3,(H,17,21)(H,18,19,20)/t11-,13-/m0/s1. The summed E-state index contributed by atoms with van der Waals surface area (Å²) in [7, 11) is 0. The molecule has 2 N–H and O–H groups in total. The van der Waals surface area contributed by atoms with Crippen molar-refractivity contribution >= 4 is 5.91 Å². The number of aromatic nitrogens is 4. The number of nitrogens with one attached hydrogen (secondary N) is 2. The smallest absolute Gasteiger partial charge is 0.253 e. The van der Waals surface area contributed by atoms with Crippen molar-refractivity contribution in [2.75, 3.05) is 13.2 Å². The number of amides is 1. The van der Waals surface area contributed by atoms with Gasteiger partial charge in [-0.2, -0.15) is 5.10 Å². The molecule has 7 heteroatoms. The van der Waals surface area contributed by atoms with E-state index < -0.39 is 0 Å². The first-order chi connectivity index (χ1) is 10.6. The maximum Gasteiger partial charge on any atom is 0.253 e. The summed E-state index contributed by atoms with van der Waals surface area (Å²) in [5, 5.41) is 9.95. The second-order valence-electron chi connectivity index (χ2n) is 5.47. The van der Waals surface area contributed by atoms with E-state index in [4.69, 9.17) is 4.74 Å². The molecule has 0 aromatic carbocycles. The van der Waals surface area contributed by atoms with E-state index in [0.717, 1.165) is 17.9 Å². The van der Waals surface area contributed by atoms with E-state index in [1.165, 1.54) is 0 Å². The molecule has 3 rings (SSSR count). The molecule has 0 aliphatic carbocycles. The molecule has 1 amide bonds. The number of ether oxygens (including phenoxy) is 1. The van der Waals surface area contributed by atoms with Gasteiger partial charge in [-0.15, -0.1) is 0 Å². The molecule has 3 heterocycles. The van der Waals surface area contributed by atoms with Crippen LogP contribution in [0, 0.1) is 19.8 Å². The maximum atomic E-state index is 12.2. The minimum atomic E-state index is -0.166. The lowest BCUT2D eigenvalue weighted by Gasteiger charge is -2.16. The molecule has 1 saturated heterocycles. The van der Waals surface area contributed by atoms with Gasteiger partial charge in [-0.1, -0.05) is 0 Å². The van der Waals surface area contributed by atoms with Crippen LogP contribution in [0.3, 0.4) is 0 Å². The molecule has 0 unspecified atom stereocenters. The molecule has 0 saturated carbocycles. The van der Waals surface area contributed by atoms with Crippen molar-refractivity contribution in [3.8, 4) is 0 Å². The Labute approximate surface area is 128 Å². The first kappa shape index (κ1) is 14.6. The van der Waals surface area contributed by atoms with Crippen LogP contribution in [0.15, 0.2) is 18.3 Å². The number of carbonyl (C=O) groups excluding carboxylic acids is 1. The second kappa shape index (κ2) is 6.23. The van der Waals surface area contributed by atoms with Gasteiger partial charge < -0.3 is 10.1 Å². The molecule has 7 nitrogen and oxygen atoms in total. The number of pyridine rings is 1. The summed E-state index contributed by atoms with van der Waals surface area (Å²) in [6, 6.07) is 3.54. The number of hydrogen-bond donors (Lipinski definition) is 2. The van der Waals surface area contributed by atoms with Crippen LogP contribution in [-0.2, 0) is 4.74 Å². The van der Waals surface area contributed by atoms with Gasteiger partial charge in [0.15, 0.2) is 5.82 Å². The van der Waals surface area contributed by atoms with Crippen LogP contribution in [0.4, 0.5) is 0 Å². The lowest BCUT2D eigenvalue weighted by atomic mass is 10.0. The number of nitrogens with zero attached hydrogens (tertiary/aromatic N) is 3. The van der Waals surface area contributed by atoms with Crippen LogP contribution in [-0.4, -0.2) is 39.2 Å². The quantitative estimate of drug-likeness (QED) is 0.888. The minimum absolute atomic E-state index is 0.109. The average Bonchev–Trinajstić information content (AvgIpc) is 3.13. The van der Waals surface area contributed by atoms with Crippen LogP contribution in [0.5, 0.6) is 0 Å². The van der Waals surface area contributed by atoms with E-state index in [2.05, 4.69) is 25.5 Å². The Balaban J connectivity index is 1.63. The van der Waals surface area contributed by atoms with Gasteiger partial charge in [-0.25, -0.2) is 4.98 Å². The fourth-order valence-electron chi connectivity index (χ4n) is 2.66. The lowest BCUT2D eigenvalue weighted by Crippen LogP contribution is -2.31. The molecular formula is C15H19N5O2. The summed E-state index contributed by atoms with van der Waals surface area (Å²) >= 11 is 0. The predicted molar refractivity (Wildman–Crippen MR) is 79.2 cm³/mol. The summed E-state index contributed by atoms with van der Waals surface area (Å²) in [5.74, 6) is 1.49. The summed E-state index contributed by atoms with van der Waals surface area (Å²) < 4.78 is 5.72. The van der Waals surface area contributed by atoms with E-state index in [0.29, 0.717) is 24.5 Å². The Kier molecular flexibility index (Phi) is 4.15. The zero-order chi connectivity index (χ0) is 15.5. The summed E-state index contributed by atoms with van der Waals surface area (Å²) in [6.45, 7) is 4.87. The van der Waals surface area contributed by atoms with Gasteiger partial charge in [0.25, 0.3) is 5.91 Å². The fraction of sp³-hybridized carbons (Fsp3) is 0.467.